The molecule has 3 atom stereocenters. The maximum atomic E-state index is 3.65. The van der Waals surface area contributed by atoms with E-state index < -0.39 is 0 Å². The van der Waals surface area contributed by atoms with Gasteiger partial charge in [-0.15, -0.1) is 0 Å². The molecule has 1 heterocycles. The highest BCUT2D eigenvalue weighted by atomic mass is 15.2. The van der Waals surface area contributed by atoms with Crippen molar-refractivity contribution in [3.05, 3.63) is 0 Å². The quantitative estimate of drug-likeness (QED) is 0.827. The van der Waals surface area contributed by atoms with Gasteiger partial charge in [0, 0.05) is 25.7 Å². The van der Waals surface area contributed by atoms with Crippen LogP contribution in [0.1, 0.15) is 52.9 Å². The van der Waals surface area contributed by atoms with Crippen molar-refractivity contribution in [1.82, 2.24) is 10.2 Å². The first-order chi connectivity index (χ1) is 8.65. The van der Waals surface area contributed by atoms with Crippen LogP contribution in [0.2, 0.25) is 0 Å². The molecule has 0 aromatic carbocycles. The van der Waals surface area contributed by atoms with Gasteiger partial charge in [0.15, 0.2) is 0 Å². The Balaban J connectivity index is 1.69. The van der Waals surface area contributed by atoms with Crippen LogP contribution in [0.4, 0.5) is 0 Å². The molecule has 2 rings (SSSR count). The summed E-state index contributed by atoms with van der Waals surface area (Å²) in [4.78, 5) is 2.69. The van der Waals surface area contributed by atoms with E-state index in [1.54, 1.807) is 0 Å². The van der Waals surface area contributed by atoms with E-state index in [0.29, 0.717) is 6.04 Å². The average Bonchev–Trinajstić information content (AvgIpc) is 2.37. The largest absolute Gasteiger partial charge is 0.311 e. The van der Waals surface area contributed by atoms with Crippen molar-refractivity contribution in [2.24, 2.45) is 17.8 Å². The van der Waals surface area contributed by atoms with Gasteiger partial charge in [0.1, 0.15) is 0 Å². The Kier molecular flexibility index (Phi) is 5.50. The van der Waals surface area contributed by atoms with Crippen LogP contribution in [0.15, 0.2) is 0 Å². The van der Waals surface area contributed by atoms with Gasteiger partial charge in [-0.05, 0) is 37.1 Å². The van der Waals surface area contributed by atoms with Gasteiger partial charge in [0.25, 0.3) is 0 Å². The zero-order valence-electron chi connectivity index (χ0n) is 12.6. The van der Waals surface area contributed by atoms with E-state index in [-0.39, 0.29) is 0 Å². The molecule has 18 heavy (non-hydrogen) atoms. The summed E-state index contributed by atoms with van der Waals surface area (Å²) in [6.45, 7) is 12.2. The first-order valence-electron chi connectivity index (χ1n) is 8.11. The lowest BCUT2D eigenvalue weighted by Crippen LogP contribution is -2.53. The summed E-state index contributed by atoms with van der Waals surface area (Å²) in [7, 11) is 0. The molecule has 1 aliphatic heterocycles. The van der Waals surface area contributed by atoms with Crippen molar-refractivity contribution in [3.63, 3.8) is 0 Å². The molecule has 0 bridgehead atoms. The average molecular weight is 252 g/mol. The van der Waals surface area contributed by atoms with Crippen molar-refractivity contribution in [1.29, 1.82) is 0 Å². The molecule has 1 saturated heterocycles. The predicted molar refractivity (Wildman–Crippen MR) is 78.8 cm³/mol. The van der Waals surface area contributed by atoms with Crippen LogP contribution in [0.25, 0.3) is 0 Å². The van der Waals surface area contributed by atoms with Gasteiger partial charge in [0.2, 0.25) is 0 Å². The van der Waals surface area contributed by atoms with Crippen molar-refractivity contribution in [2.75, 3.05) is 26.2 Å². The Morgan fingerprint density at radius 3 is 2.83 bits per heavy atom. The number of nitrogens with zero attached hydrogens (tertiary/aromatic N) is 1. The monoisotopic (exact) mass is 252 g/mol. The first-order valence-corrected chi connectivity index (χ1v) is 8.11. The van der Waals surface area contributed by atoms with Crippen LogP contribution in [0.3, 0.4) is 0 Å². The molecular weight excluding hydrogens is 220 g/mol. The van der Waals surface area contributed by atoms with Crippen molar-refractivity contribution >= 4 is 0 Å². The smallest absolute Gasteiger partial charge is 0.0218 e. The van der Waals surface area contributed by atoms with Crippen LogP contribution in [0, 0.1) is 17.8 Å². The Morgan fingerprint density at radius 2 is 2.11 bits per heavy atom. The second-order valence-corrected chi connectivity index (χ2v) is 7.03. The zero-order valence-corrected chi connectivity index (χ0v) is 12.6. The minimum Gasteiger partial charge on any atom is -0.311 e. The number of hydrogen-bond acceptors (Lipinski definition) is 2. The van der Waals surface area contributed by atoms with Crippen molar-refractivity contribution in [3.8, 4) is 0 Å². The second-order valence-electron chi connectivity index (χ2n) is 7.03. The van der Waals surface area contributed by atoms with Crippen LogP contribution in [-0.2, 0) is 0 Å². The molecule has 2 heteroatoms. The van der Waals surface area contributed by atoms with Crippen LogP contribution < -0.4 is 5.32 Å². The standard InChI is InChI=1S/C16H32N2/c1-13(2)16-12-18(10-8-17-16)9-7-15-6-4-5-14(3)11-15/h13-17H,4-12H2,1-3H3. The van der Waals surface area contributed by atoms with E-state index in [1.165, 1.54) is 58.3 Å². The Morgan fingerprint density at radius 1 is 1.28 bits per heavy atom. The molecule has 2 aliphatic rings. The van der Waals surface area contributed by atoms with E-state index in [1.807, 2.05) is 0 Å². The minimum atomic E-state index is 0.712. The van der Waals surface area contributed by atoms with Gasteiger partial charge in [-0.2, -0.15) is 0 Å². The fourth-order valence-corrected chi connectivity index (χ4v) is 3.68. The first kappa shape index (κ1) is 14.3. The Labute approximate surface area is 114 Å². The van der Waals surface area contributed by atoms with E-state index >= 15 is 0 Å². The van der Waals surface area contributed by atoms with Gasteiger partial charge in [0.05, 0.1) is 0 Å². The third-order valence-electron chi connectivity index (χ3n) is 4.99. The summed E-state index contributed by atoms with van der Waals surface area (Å²) >= 11 is 0. The molecule has 1 aliphatic carbocycles. The highest BCUT2D eigenvalue weighted by Gasteiger charge is 2.23. The maximum Gasteiger partial charge on any atom is 0.0218 e. The summed E-state index contributed by atoms with van der Waals surface area (Å²) in [5, 5.41) is 3.65. The Hall–Kier alpha value is -0.0800. The summed E-state index contributed by atoms with van der Waals surface area (Å²) in [5.41, 5.74) is 0. The molecule has 0 amide bonds. The highest BCUT2D eigenvalue weighted by Crippen LogP contribution is 2.30. The normalized spacial score (nSPS) is 35.0. The van der Waals surface area contributed by atoms with Gasteiger partial charge >= 0.3 is 0 Å². The summed E-state index contributed by atoms with van der Waals surface area (Å²) in [5.74, 6) is 2.76. The van der Waals surface area contributed by atoms with E-state index in [2.05, 4.69) is 31.0 Å². The topological polar surface area (TPSA) is 15.3 Å². The zero-order chi connectivity index (χ0) is 13.0. The third-order valence-corrected chi connectivity index (χ3v) is 4.99. The van der Waals surface area contributed by atoms with Crippen LogP contribution in [-0.4, -0.2) is 37.1 Å². The molecule has 1 saturated carbocycles. The maximum absolute atomic E-state index is 3.65. The van der Waals surface area contributed by atoms with Gasteiger partial charge in [-0.25, -0.2) is 0 Å². The minimum absolute atomic E-state index is 0.712. The molecular formula is C16H32N2. The molecule has 1 N–H and O–H groups in total. The van der Waals surface area contributed by atoms with Gasteiger partial charge < -0.3 is 10.2 Å². The highest BCUT2D eigenvalue weighted by molar-refractivity contribution is 4.81. The summed E-state index contributed by atoms with van der Waals surface area (Å²) < 4.78 is 0. The lowest BCUT2D eigenvalue weighted by molar-refractivity contribution is 0.155. The molecule has 3 unspecified atom stereocenters. The van der Waals surface area contributed by atoms with E-state index in [9.17, 15) is 0 Å². The summed E-state index contributed by atoms with van der Waals surface area (Å²) in [6.07, 6.45) is 7.36. The molecule has 0 radical (unpaired) electrons. The van der Waals surface area contributed by atoms with Crippen molar-refractivity contribution < 1.29 is 0 Å². The van der Waals surface area contributed by atoms with Crippen molar-refractivity contribution in [2.45, 2.75) is 58.9 Å². The van der Waals surface area contributed by atoms with Gasteiger partial charge in [-0.1, -0.05) is 40.0 Å². The molecule has 0 spiro atoms. The number of nitrogens with one attached hydrogen (secondary N) is 1. The van der Waals surface area contributed by atoms with E-state index in [4.69, 9.17) is 0 Å². The third kappa shape index (κ3) is 4.24. The fourth-order valence-electron chi connectivity index (χ4n) is 3.68. The van der Waals surface area contributed by atoms with Gasteiger partial charge in [-0.3, -0.25) is 0 Å². The van der Waals surface area contributed by atoms with Crippen LogP contribution >= 0.6 is 0 Å². The molecule has 0 aromatic heterocycles. The second kappa shape index (κ2) is 6.91. The lowest BCUT2D eigenvalue weighted by Gasteiger charge is -2.37. The lowest BCUT2D eigenvalue weighted by atomic mass is 9.81. The number of piperazine rings is 1. The Bertz CT molecular complexity index is 239. The number of hydrogen-bond donors (Lipinski definition) is 1. The van der Waals surface area contributed by atoms with E-state index in [0.717, 1.165) is 17.8 Å². The molecule has 0 aromatic rings. The SMILES string of the molecule is CC1CCCC(CCN2CCNC(C(C)C)C2)C1. The number of rotatable bonds is 4. The predicted octanol–water partition coefficient (Wildman–Crippen LogP) is 3.13. The molecule has 2 nitrogen and oxygen atoms in total. The molecule has 2 fully saturated rings. The summed E-state index contributed by atoms with van der Waals surface area (Å²) in [6, 6.07) is 0.712. The van der Waals surface area contributed by atoms with Crippen LogP contribution in [0.5, 0.6) is 0 Å². The fraction of sp³-hybridized carbons (Fsp3) is 1.00. The molecule has 106 valence electrons.